The zero-order chi connectivity index (χ0) is 23.4. The quantitative estimate of drug-likeness (QED) is 0.259. The number of non-ortho nitro benzene ring substituents is 1. The van der Waals surface area contributed by atoms with Gasteiger partial charge in [0.25, 0.3) is 16.8 Å². The first-order valence-electron chi connectivity index (χ1n) is 9.86. The summed E-state index contributed by atoms with van der Waals surface area (Å²) in [6.07, 6.45) is 1.59. The van der Waals surface area contributed by atoms with Crippen molar-refractivity contribution in [3.63, 3.8) is 0 Å². The lowest BCUT2D eigenvalue weighted by atomic mass is 10.1. The van der Waals surface area contributed by atoms with E-state index in [1.165, 1.54) is 30.3 Å². The van der Waals surface area contributed by atoms with Crippen LogP contribution in [0, 0.1) is 15.9 Å². The van der Waals surface area contributed by atoms with Crippen LogP contribution < -0.4 is 4.74 Å². The molecule has 0 spiro atoms. The van der Waals surface area contributed by atoms with Crippen molar-refractivity contribution in [2.45, 2.75) is 13.2 Å². The molecule has 2 amide bonds. The molecule has 0 aromatic heterocycles. The highest BCUT2D eigenvalue weighted by Gasteiger charge is 2.35. The van der Waals surface area contributed by atoms with E-state index in [1.54, 1.807) is 48.5 Å². The average Bonchev–Trinajstić information content (AvgIpc) is 3.06. The van der Waals surface area contributed by atoms with Crippen LogP contribution in [0.15, 0.2) is 77.7 Å². The van der Waals surface area contributed by atoms with Crippen LogP contribution in [0.25, 0.3) is 6.08 Å². The molecule has 0 unspecified atom stereocenters. The maximum absolute atomic E-state index is 13.8. The van der Waals surface area contributed by atoms with E-state index in [1.807, 2.05) is 0 Å². The topological polar surface area (TPSA) is 89.8 Å². The Bertz CT molecular complexity index is 1260. The average molecular weight is 464 g/mol. The number of benzene rings is 3. The monoisotopic (exact) mass is 464 g/mol. The van der Waals surface area contributed by atoms with Crippen LogP contribution in [0.1, 0.15) is 16.7 Å². The Labute approximate surface area is 192 Å². The Morgan fingerprint density at radius 2 is 1.79 bits per heavy atom. The second-order valence-corrected chi connectivity index (χ2v) is 8.14. The molecule has 1 fully saturated rings. The zero-order valence-electron chi connectivity index (χ0n) is 17.1. The van der Waals surface area contributed by atoms with Crippen LogP contribution in [-0.4, -0.2) is 21.0 Å². The molecule has 33 heavy (non-hydrogen) atoms. The van der Waals surface area contributed by atoms with Crippen LogP contribution in [0.2, 0.25) is 0 Å². The Morgan fingerprint density at radius 3 is 2.52 bits per heavy atom. The number of thioether (sulfide) groups is 1. The summed E-state index contributed by atoms with van der Waals surface area (Å²) in [6, 6.07) is 19.0. The molecule has 0 N–H and O–H groups in total. The molecule has 0 atom stereocenters. The van der Waals surface area contributed by atoms with Crippen molar-refractivity contribution in [3.05, 3.63) is 110 Å². The van der Waals surface area contributed by atoms with Gasteiger partial charge in [-0.3, -0.25) is 24.6 Å². The van der Waals surface area contributed by atoms with Crippen LogP contribution in [0.5, 0.6) is 5.75 Å². The van der Waals surface area contributed by atoms with Gasteiger partial charge in [0.1, 0.15) is 18.2 Å². The highest BCUT2D eigenvalue weighted by molar-refractivity contribution is 8.18. The van der Waals surface area contributed by atoms with Crippen molar-refractivity contribution < 1.29 is 23.6 Å². The molecule has 0 aliphatic carbocycles. The van der Waals surface area contributed by atoms with Crippen molar-refractivity contribution in [2.75, 3.05) is 0 Å². The number of hydrogen-bond acceptors (Lipinski definition) is 6. The van der Waals surface area contributed by atoms with Gasteiger partial charge in [0.05, 0.1) is 16.4 Å². The summed E-state index contributed by atoms with van der Waals surface area (Å²) in [5, 5.41) is 10.4. The minimum absolute atomic E-state index is 0.0196. The molecule has 0 radical (unpaired) electrons. The highest BCUT2D eigenvalue weighted by Crippen LogP contribution is 2.34. The minimum Gasteiger partial charge on any atom is -0.489 e. The summed E-state index contributed by atoms with van der Waals surface area (Å²) in [5.74, 6) is -0.298. The molecule has 3 aromatic rings. The largest absolute Gasteiger partial charge is 0.489 e. The third kappa shape index (κ3) is 5.27. The molecule has 4 rings (SSSR count). The van der Waals surface area contributed by atoms with E-state index in [4.69, 9.17) is 4.74 Å². The normalized spacial score (nSPS) is 14.7. The van der Waals surface area contributed by atoms with Crippen molar-refractivity contribution in [2.24, 2.45) is 0 Å². The Hall–Kier alpha value is -3.98. The number of hydrogen-bond donors (Lipinski definition) is 0. The van der Waals surface area contributed by atoms with Gasteiger partial charge >= 0.3 is 0 Å². The van der Waals surface area contributed by atoms with Crippen LogP contribution in [0.4, 0.5) is 14.9 Å². The number of nitro groups is 1. The third-order valence-electron chi connectivity index (χ3n) is 4.87. The Morgan fingerprint density at radius 1 is 1.03 bits per heavy atom. The van der Waals surface area contributed by atoms with Crippen molar-refractivity contribution in [1.82, 2.24) is 4.90 Å². The minimum atomic E-state index is -0.513. The maximum atomic E-state index is 13.8. The van der Waals surface area contributed by atoms with Crippen LogP contribution in [-0.2, 0) is 17.9 Å². The summed E-state index contributed by atoms with van der Waals surface area (Å²) >= 11 is 0.822. The lowest BCUT2D eigenvalue weighted by molar-refractivity contribution is -0.384. The molecular weight excluding hydrogens is 447 g/mol. The van der Waals surface area contributed by atoms with E-state index >= 15 is 0 Å². The molecule has 1 saturated heterocycles. The Kier molecular flexibility index (Phi) is 6.50. The first-order chi connectivity index (χ1) is 15.9. The molecular formula is C24H17FN2O5S. The fourth-order valence-electron chi connectivity index (χ4n) is 3.16. The number of carbonyl (C=O) groups is 2. The second-order valence-electron chi connectivity index (χ2n) is 7.14. The fourth-order valence-corrected chi connectivity index (χ4v) is 4.00. The number of rotatable bonds is 7. The molecule has 0 bridgehead atoms. The zero-order valence-corrected chi connectivity index (χ0v) is 18.0. The second kappa shape index (κ2) is 9.66. The van der Waals surface area contributed by atoms with Gasteiger partial charge in [0.15, 0.2) is 0 Å². The third-order valence-corrected chi connectivity index (χ3v) is 5.78. The highest BCUT2D eigenvalue weighted by atomic mass is 32.2. The molecule has 1 heterocycles. The molecule has 166 valence electrons. The SMILES string of the molecule is O=C1S/C(=C/c2cccc(OCc3ccccc3F)c2)C(=O)N1Cc1ccc([N+](=O)[O-])cc1. The van der Waals surface area contributed by atoms with Crippen molar-refractivity contribution in [3.8, 4) is 5.75 Å². The standard InChI is InChI=1S/C24H17FN2O5S/c25-21-7-2-1-5-18(21)15-32-20-6-3-4-17(12-20)13-22-23(28)26(24(29)33-22)14-16-8-10-19(11-9-16)27(30)31/h1-13H,14-15H2/b22-13+. The van der Waals surface area contributed by atoms with E-state index < -0.39 is 16.1 Å². The van der Waals surface area contributed by atoms with Gasteiger partial charge in [0, 0.05) is 17.7 Å². The summed E-state index contributed by atoms with van der Waals surface area (Å²) in [6.45, 7) is 0.0771. The summed E-state index contributed by atoms with van der Waals surface area (Å²) in [4.78, 5) is 36.8. The number of carbonyl (C=O) groups excluding carboxylic acids is 2. The first-order valence-corrected chi connectivity index (χ1v) is 10.7. The number of ether oxygens (including phenoxy) is 1. The number of nitro benzene ring substituents is 1. The van der Waals surface area contributed by atoms with Crippen LogP contribution in [0.3, 0.4) is 0 Å². The summed E-state index contributed by atoms with van der Waals surface area (Å²) < 4.78 is 19.4. The van der Waals surface area contributed by atoms with E-state index in [9.17, 15) is 24.1 Å². The molecule has 7 nitrogen and oxygen atoms in total. The van der Waals surface area contributed by atoms with E-state index in [-0.39, 0.29) is 29.6 Å². The van der Waals surface area contributed by atoms with Gasteiger partial charge < -0.3 is 4.74 Å². The van der Waals surface area contributed by atoms with Gasteiger partial charge in [-0.2, -0.15) is 0 Å². The molecule has 9 heteroatoms. The molecule has 0 saturated carbocycles. The lowest BCUT2D eigenvalue weighted by Crippen LogP contribution is -2.27. The summed E-state index contributed by atoms with van der Waals surface area (Å²) in [7, 11) is 0. The molecule has 3 aromatic carbocycles. The number of nitrogens with zero attached hydrogens (tertiary/aromatic N) is 2. The predicted octanol–water partition coefficient (Wildman–Crippen LogP) is 5.55. The summed E-state index contributed by atoms with van der Waals surface area (Å²) in [5.41, 5.74) is 1.62. The lowest BCUT2D eigenvalue weighted by Gasteiger charge is -2.12. The predicted molar refractivity (Wildman–Crippen MR) is 122 cm³/mol. The van der Waals surface area contributed by atoms with Gasteiger partial charge in [-0.05, 0) is 47.2 Å². The number of imide groups is 1. The van der Waals surface area contributed by atoms with Gasteiger partial charge in [0.2, 0.25) is 0 Å². The molecule has 1 aliphatic rings. The number of halogens is 1. The molecule has 1 aliphatic heterocycles. The van der Waals surface area contributed by atoms with Gasteiger partial charge in [-0.15, -0.1) is 0 Å². The van der Waals surface area contributed by atoms with E-state index in [0.717, 1.165) is 16.7 Å². The maximum Gasteiger partial charge on any atom is 0.293 e. The van der Waals surface area contributed by atoms with Crippen LogP contribution >= 0.6 is 11.8 Å². The van der Waals surface area contributed by atoms with Crippen molar-refractivity contribution >= 4 is 34.7 Å². The number of amides is 2. The van der Waals surface area contributed by atoms with Gasteiger partial charge in [-0.25, -0.2) is 4.39 Å². The van der Waals surface area contributed by atoms with Gasteiger partial charge in [-0.1, -0.05) is 42.5 Å². The first kappa shape index (κ1) is 22.2. The van der Waals surface area contributed by atoms with E-state index in [2.05, 4.69) is 0 Å². The Balaban J connectivity index is 1.45. The van der Waals surface area contributed by atoms with E-state index in [0.29, 0.717) is 22.4 Å². The smallest absolute Gasteiger partial charge is 0.293 e. The fraction of sp³-hybridized carbons (Fsp3) is 0.0833. The van der Waals surface area contributed by atoms with Crippen molar-refractivity contribution in [1.29, 1.82) is 0 Å².